The number of nitrogens with one attached hydrogen (secondary N) is 1. The Labute approximate surface area is 97.1 Å². The largest absolute Gasteiger partial charge is 0.352 e. The molecule has 0 fully saturated rings. The SMILES string of the molecule is CCCNC(=O)c1cccc2c1CCCC2. The number of benzene rings is 1. The molecule has 1 aliphatic rings. The molecule has 0 atom stereocenters. The Hall–Kier alpha value is -1.31. The van der Waals surface area contributed by atoms with Gasteiger partial charge in [-0.2, -0.15) is 0 Å². The Kier molecular flexibility index (Phi) is 3.60. The zero-order chi connectivity index (χ0) is 11.4. The Balaban J connectivity index is 2.23. The fourth-order valence-electron chi connectivity index (χ4n) is 2.33. The summed E-state index contributed by atoms with van der Waals surface area (Å²) in [6.45, 7) is 2.84. The molecule has 1 amide bonds. The van der Waals surface area contributed by atoms with Gasteiger partial charge in [0.1, 0.15) is 0 Å². The Morgan fingerprint density at radius 1 is 1.31 bits per heavy atom. The van der Waals surface area contributed by atoms with Gasteiger partial charge in [-0.15, -0.1) is 0 Å². The Bertz CT molecular complexity index is 384. The molecule has 2 heteroatoms. The molecule has 0 bridgehead atoms. The van der Waals surface area contributed by atoms with Crippen LogP contribution >= 0.6 is 0 Å². The van der Waals surface area contributed by atoms with Crippen LogP contribution in [-0.2, 0) is 12.8 Å². The zero-order valence-electron chi connectivity index (χ0n) is 9.88. The van der Waals surface area contributed by atoms with Gasteiger partial charge < -0.3 is 5.32 Å². The van der Waals surface area contributed by atoms with Crippen LogP contribution in [0.5, 0.6) is 0 Å². The van der Waals surface area contributed by atoms with Gasteiger partial charge in [0.25, 0.3) is 5.91 Å². The lowest BCUT2D eigenvalue weighted by atomic mass is 9.88. The second-order valence-electron chi connectivity index (χ2n) is 4.41. The summed E-state index contributed by atoms with van der Waals surface area (Å²) >= 11 is 0. The predicted molar refractivity (Wildman–Crippen MR) is 65.7 cm³/mol. The van der Waals surface area contributed by atoms with Gasteiger partial charge in [0.05, 0.1) is 0 Å². The second kappa shape index (κ2) is 5.15. The second-order valence-corrected chi connectivity index (χ2v) is 4.41. The number of fused-ring (bicyclic) bond motifs is 1. The Morgan fingerprint density at radius 3 is 2.94 bits per heavy atom. The summed E-state index contributed by atoms with van der Waals surface area (Å²) in [4.78, 5) is 12.0. The number of amides is 1. The summed E-state index contributed by atoms with van der Waals surface area (Å²) in [5.74, 6) is 0.0978. The van der Waals surface area contributed by atoms with E-state index in [-0.39, 0.29) is 5.91 Å². The monoisotopic (exact) mass is 217 g/mol. The van der Waals surface area contributed by atoms with Crippen LogP contribution in [0.15, 0.2) is 18.2 Å². The highest BCUT2D eigenvalue weighted by Gasteiger charge is 2.16. The number of carbonyl (C=O) groups excluding carboxylic acids is 1. The van der Waals surface area contributed by atoms with Crippen molar-refractivity contribution >= 4 is 5.91 Å². The summed E-state index contributed by atoms with van der Waals surface area (Å²) in [6, 6.07) is 6.12. The molecule has 0 radical (unpaired) electrons. The minimum Gasteiger partial charge on any atom is -0.352 e. The van der Waals surface area contributed by atoms with Crippen molar-refractivity contribution in [1.82, 2.24) is 5.32 Å². The summed E-state index contributed by atoms with van der Waals surface area (Å²) in [7, 11) is 0. The van der Waals surface area contributed by atoms with E-state index in [0.717, 1.165) is 31.4 Å². The highest BCUT2D eigenvalue weighted by Crippen LogP contribution is 2.24. The van der Waals surface area contributed by atoms with Gasteiger partial charge in [0, 0.05) is 12.1 Å². The van der Waals surface area contributed by atoms with Gasteiger partial charge in [-0.05, 0) is 49.3 Å². The highest BCUT2D eigenvalue weighted by molar-refractivity contribution is 5.96. The van der Waals surface area contributed by atoms with Crippen molar-refractivity contribution in [2.75, 3.05) is 6.54 Å². The van der Waals surface area contributed by atoms with E-state index in [0.29, 0.717) is 0 Å². The van der Waals surface area contributed by atoms with Crippen molar-refractivity contribution in [1.29, 1.82) is 0 Å². The molecule has 1 aliphatic carbocycles. The minimum atomic E-state index is 0.0978. The van der Waals surface area contributed by atoms with Crippen LogP contribution in [0.2, 0.25) is 0 Å². The molecule has 16 heavy (non-hydrogen) atoms. The van der Waals surface area contributed by atoms with Gasteiger partial charge in [-0.3, -0.25) is 4.79 Å². The summed E-state index contributed by atoms with van der Waals surface area (Å²) < 4.78 is 0. The Morgan fingerprint density at radius 2 is 2.12 bits per heavy atom. The lowest BCUT2D eigenvalue weighted by Gasteiger charge is -2.18. The smallest absolute Gasteiger partial charge is 0.251 e. The summed E-state index contributed by atoms with van der Waals surface area (Å²) in [5.41, 5.74) is 3.54. The molecule has 1 N–H and O–H groups in total. The molecule has 1 aromatic rings. The van der Waals surface area contributed by atoms with E-state index in [1.165, 1.54) is 24.0 Å². The maximum atomic E-state index is 12.0. The molecule has 0 aromatic heterocycles. The van der Waals surface area contributed by atoms with E-state index in [2.05, 4.69) is 18.3 Å². The first-order chi connectivity index (χ1) is 7.83. The molecule has 2 nitrogen and oxygen atoms in total. The van der Waals surface area contributed by atoms with Crippen LogP contribution in [0.3, 0.4) is 0 Å². The van der Waals surface area contributed by atoms with Crippen molar-refractivity contribution in [2.24, 2.45) is 0 Å². The topological polar surface area (TPSA) is 29.1 Å². The third-order valence-electron chi connectivity index (χ3n) is 3.18. The molecule has 0 spiro atoms. The van der Waals surface area contributed by atoms with Gasteiger partial charge >= 0.3 is 0 Å². The first kappa shape index (κ1) is 11.2. The van der Waals surface area contributed by atoms with Crippen molar-refractivity contribution < 1.29 is 4.79 Å². The van der Waals surface area contributed by atoms with Gasteiger partial charge in [0.2, 0.25) is 0 Å². The third-order valence-corrected chi connectivity index (χ3v) is 3.18. The molecule has 0 unspecified atom stereocenters. The third kappa shape index (κ3) is 2.26. The fourth-order valence-corrected chi connectivity index (χ4v) is 2.33. The average Bonchev–Trinajstić information content (AvgIpc) is 2.35. The molecule has 0 aliphatic heterocycles. The number of hydrogen-bond donors (Lipinski definition) is 1. The molecule has 2 rings (SSSR count). The predicted octanol–water partition coefficient (Wildman–Crippen LogP) is 2.71. The van der Waals surface area contributed by atoms with E-state index >= 15 is 0 Å². The first-order valence-corrected chi connectivity index (χ1v) is 6.22. The average molecular weight is 217 g/mol. The van der Waals surface area contributed by atoms with E-state index in [9.17, 15) is 4.79 Å². The van der Waals surface area contributed by atoms with Crippen LogP contribution < -0.4 is 5.32 Å². The molecule has 0 heterocycles. The zero-order valence-corrected chi connectivity index (χ0v) is 9.88. The maximum Gasteiger partial charge on any atom is 0.251 e. The van der Waals surface area contributed by atoms with Crippen LogP contribution in [0.25, 0.3) is 0 Å². The van der Waals surface area contributed by atoms with Crippen molar-refractivity contribution in [3.05, 3.63) is 34.9 Å². The molecule has 0 saturated carbocycles. The first-order valence-electron chi connectivity index (χ1n) is 6.22. The lowest BCUT2D eigenvalue weighted by Crippen LogP contribution is -2.26. The van der Waals surface area contributed by atoms with Gasteiger partial charge in [-0.1, -0.05) is 19.1 Å². The van der Waals surface area contributed by atoms with E-state index in [1.807, 2.05) is 12.1 Å². The number of rotatable bonds is 3. The molecular formula is C14H19NO. The molecule has 0 saturated heterocycles. The standard InChI is InChI=1S/C14H19NO/c1-2-10-15-14(16)13-9-5-7-11-6-3-4-8-12(11)13/h5,7,9H,2-4,6,8,10H2,1H3,(H,15,16). The number of aryl methyl sites for hydroxylation is 1. The molecule has 1 aromatic carbocycles. The maximum absolute atomic E-state index is 12.0. The molecular weight excluding hydrogens is 198 g/mol. The minimum absolute atomic E-state index is 0.0978. The van der Waals surface area contributed by atoms with Crippen molar-refractivity contribution in [3.8, 4) is 0 Å². The summed E-state index contributed by atoms with van der Waals surface area (Å²) in [5, 5.41) is 2.96. The van der Waals surface area contributed by atoms with Gasteiger partial charge in [0.15, 0.2) is 0 Å². The van der Waals surface area contributed by atoms with Crippen molar-refractivity contribution in [3.63, 3.8) is 0 Å². The van der Waals surface area contributed by atoms with Crippen LogP contribution in [0.4, 0.5) is 0 Å². The van der Waals surface area contributed by atoms with Crippen molar-refractivity contribution in [2.45, 2.75) is 39.0 Å². The van der Waals surface area contributed by atoms with Crippen LogP contribution in [-0.4, -0.2) is 12.5 Å². The quantitative estimate of drug-likeness (QED) is 0.828. The lowest BCUT2D eigenvalue weighted by molar-refractivity contribution is 0.0952. The van der Waals surface area contributed by atoms with E-state index < -0.39 is 0 Å². The number of carbonyl (C=O) groups is 1. The van der Waals surface area contributed by atoms with Crippen LogP contribution in [0, 0.1) is 0 Å². The van der Waals surface area contributed by atoms with Crippen LogP contribution in [0.1, 0.15) is 47.7 Å². The summed E-state index contributed by atoms with van der Waals surface area (Å²) in [6.07, 6.45) is 5.65. The molecule has 86 valence electrons. The number of hydrogen-bond acceptors (Lipinski definition) is 1. The fraction of sp³-hybridized carbons (Fsp3) is 0.500. The highest BCUT2D eigenvalue weighted by atomic mass is 16.1. The van der Waals surface area contributed by atoms with E-state index in [1.54, 1.807) is 0 Å². The van der Waals surface area contributed by atoms with E-state index in [4.69, 9.17) is 0 Å². The normalized spacial score (nSPS) is 14.3. The van der Waals surface area contributed by atoms with Gasteiger partial charge in [-0.25, -0.2) is 0 Å².